The minimum atomic E-state index is 0.194. The summed E-state index contributed by atoms with van der Waals surface area (Å²) in [5.41, 5.74) is 6.59. The molecule has 1 atom stereocenters. The van der Waals surface area contributed by atoms with Gasteiger partial charge in [-0.3, -0.25) is 0 Å². The summed E-state index contributed by atoms with van der Waals surface area (Å²) in [5.74, 6) is 0.480. The van der Waals surface area contributed by atoms with Crippen molar-refractivity contribution in [2.45, 2.75) is 33.1 Å². The largest absolute Gasteiger partial charge is 0.435 e. The van der Waals surface area contributed by atoms with Gasteiger partial charge in [0.25, 0.3) is 0 Å². The number of fused-ring (bicyclic) bond motifs is 3. The Kier molecular flexibility index (Phi) is 4.39. The van der Waals surface area contributed by atoms with Gasteiger partial charge < -0.3 is 9.32 Å². The third kappa shape index (κ3) is 2.85. The molecule has 146 valence electrons. The van der Waals surface area contributed by atoms with E-state index in [1.807, 2.05) is 17.8 Å². The molecule has 5 rings (SSSR count). The molecule has 1 aliphatic rings. The van der Waals surface area contributed by atoms with Crippen LogP contribution in [0.5, 0.6) is 0 Å². The van der Waals surface area contributed by atoms with E-state index in [1.54, 1.807) is 6.20 Å². The number of aromatic nitrogens is 1. The number of aryl methyl sites for hydroxylation is 1. The van der Waals surface area contributed by atoms with Crippen LogP contribution in [-0.4, -0.2) is 4.98 Å². The van der Waals surface area contributed by atoms with Crippen LogP contribution in [0.1, 0.15) is 37.3 Å². The Morgan fingerprint density at radius 3 is 2.52 bits per heavy atom. The second-order valence-electron chi connectivity index (χ2n) is 7.92. The first-order valence-electron chi connectivity index (χ1n) is 10.0. The molecule has 0 amide bonds. The third-order valence-corrected chi connectivity index (χ3v) is 7.36. The quantitative estimate of drug-likeness (QED) is 0.357. The lowest BCUT2D eigenvalue weighted by atomic mass is 10.1. The third-order valence-electron chi connectivity index (χ3n) is 5.63. The zero-order valence-electron chi connectivity index (χ0n) is 17.1. The minimum Gasteiger partial charge on any atom is -0.435 e. The highest BCUT2D eigenvalue weighted by Gasteiger charge is 2.36. The van der Waals surface area contributed by atoms with Crippen LogP contribution in [0.3, 0.4) is 0 Å². The summed E-state index contributed by atoms with van der Waals surface area (Å²) in [5, 5.41) is 2.38. The molecule has 0 aliphatic carbocycles. The molecule has 3 nitrogen and oxygen atoms in total. The van der Waals surface area contributed by atoms with Gasteiger partial charge in [0.1, 0.15) is 5.37 Å². The molecule has 1 unspecified atom stereocenters. The molecule has 29 heavy (non-hydrogen) atoms. The summed E-state index contributed by atoms with van der Waals surface area (Å²) in [6, 6.07) is 19.2. The normalized spacial score (nSPS) is 17.3. The van der Waals surface area contributed by atoms with Crippen molar-refractivity contribution in [3.63, 3.8) is 0 Å². The second-order valence-corrected chi connectivity index (χ2v) is 9.04. The van der Waals surface area contributed by atoms with Gasteiger partial charge in [0, 0.05) is 27.6 Å². The number of hydrogen-bond donors (Lipinski definition) is 0. The van der Waals surface area contributed by atoms with E-state index in [2.05, 4.69) is 86.1 Å². The summed E-state index contributed by atoms with van der Waals surface area (Å²) in [6.07, 6.45) is 1.79. The summed E-state index contributed by atoms with van der Waals surface area (Å²) in [7, 11) is 0. The second kappa shape index (κ2) is 6.96. The van der Waals surface area contributed by atoms with E-state index >= 15 is 0 Å². The molecule has 2 aromatic carbocycles. The highest BCUT2D eigenvalue weighted by molar-refractivity contribution is 8.03. The number of hydrogen-bond acceptors (Lipinski definition) is 4. The maximum atomic E-state index is 6.32. The Bertz CT molecular complexity index is 1240. The maximum Gasteiger partial charge on any atom is 0.227 e. The van der Waals surface area contributed by atoms with Gasteiger partial charge in [0.2, 0.25) is 5.71 Å². The van der Waals surface area contributed by atoms with Crippen molar-refractivity contribution in [1.29, 1.82) is 0 Å². The lowest BCUT2D eigenvalue weighted by Crippen LogP contribution is -2.22. The van der Waals surface area contributed by atoms with Gasteiger partial charge in [-0.2, -0.15) is 0 Å². The Morgan fingerprint density at radius 2 is 1.76 bits per heavy atom. The Labute approximate surface area is 175 Å². The highest BCUT2D eigenvalue weighted by Crippen LogP contribution is 2.54. The SMILES string of the molecule is CC1=C(C(C)C)SC(c2ccccc2)N1c1c(C)ccc2c1oc1ncccc12. The van der Waals surface area contributed by atoms with Crippen molar-refractivity contribution in [3.05, 3.63) is 82.5 Å². The topological polar surface area (TPSA) is 29.3 Å². The van der Waals surface area contributed by atoms with Crippen molar-refractivity contribution in [3.8, 4) is 0 Å². The predicted molar refractivity (Wildman–Crippen MR) is 123 cm³/mol. The van der Waals surface area contributed by atoms with Crippen LogP contribution in [0, 0.1) is 12.8 Å². The van der Waals surface area contributed by atoms with Crippen molar-refractivity contribution in [2.24, 2.45) is 5.92 Å². The fourth-order valence-electron chi connectivity index (χ4n) is 4.28. The van der Waals surface area contributed by atoms with Gasteiger partial charge >= 0.3 is 0 Å². The zero-order chi connectivity index (χ0) is 20.1. The summed E-state index contributed by atoms with van der Waals surface area (Å²) < 4.78 is 6.32. The van der Waals surface area contributed by atoms with Crippen molar-refractivity contribution >= 4 is 39.5 Å². The average Bonchev–Trinajstić information content (AvgIpc) is 3.27. The molecule has 0 N–H and O–H groups in total. The van der Waals surface area contributed by atoms with E-state index in [9.17, 15) is 0 Å². The lowest BCUT2D eigenvalue weighted by Gasteiger charge is -2.29. The van der Waals surface area contributed by atoms with Gasteiger partial charge in [0.05, 0.1) is 5.69 Å². The van der Waals surface area contributed by atoms with Crippen LogP contribution in [0.4, 0.5) is 5.69 Å². The summed E-state index contributed by atoms with van der Waals surface area (Å²) >= 11 is 1.96. The predicted octanol–water partition coefficient (Wildman–Crippen LogP) is 7.43. The standard InChI is InChI=1S/C25H24N2OS/c1-15(2)23-17(4)27(25(29-23)18-9-6-5-7-10-18)21-16(3)12-13-19-20-11-8-14-26-24(20)28-22(19)21/h5-15,25H,1-4H3. The molecule has 0 saturated heterocycles. The van der Waals surface area contributed by atoms with E-state index in [4.69, 9.17) is 4.42 Å². The molecule has 3 heterocycles. The number of anilines is 1. The van der Waals surface area contributed by atoms with Crippen LogP contribution in [0.15, 0.2) is 75.8 Å². The van der Waals surface area contributed by atoms with Gasteiger partial charge in [-0.1, -0.05) is 68.1 Å². The number of furan rings is 1. The van der Waals surface area contributed by atoms with Gasteiger partial charge in [-0.05, 0) is 43.0 Å². The molecule has 0 bridgehead atoms. The van der Waals surface area contributed by atoms with Gasteiger partial charge in [0.15, 0.2) is 5.58 Å². The summed E-state index contributed by atoms with van der Waals surface area (Å²) in [4.78, 5) is 8.36. The first kappa shape index (κ1) is 18.3. The van der Waals surface area contributed by atoms with Crippen LogP contribution in [-0.2, 0) is 0 Å². The first-order chi connectivity index (χ1) is 14.1. The number of rotatable bonds is 3. The molecule has 0 radical (unpaired) electrons. The van der Waals surface area contributed by atoms with E-state index < -0.39 is 0 Å². The number of allylic oxidation sites excluding steroid dienone is 2. The molecule has 2 aromatic heterocycles. The van der Waals surface area contributed by atoms with E-state index in [-0.39, 0.29) is 5.37 Å². The fourth-order valence-corrected chi connectivity index (χ4v) is 5.73. The van der Waals surface area contributed by atoms with Crippen LogP contribution in [0.2, 0.25) is 0 Å². The molecular formula is C25H24N2OS. The molecule has 0 spiro atoms. The van der Waals surface area contributed by atoms with Crippen molar-refractivity contribution in [1.82, 2.24) is 4.98 Å². The maximum absolute atomic E-state index is 6.32. The lowest BCUT2D eigenvalue weighted by molar-refractivity contribution is 0.651. The van der Waals surface area contributed by atoms with E-state index in [0.29, 0.717) is 11.6 Å². The molecule has 1 aliphatic heterocycles. The van der Waals surface area contributed by atoms with Gasteiger partial charge in [-0.15, -0.1) is 0 Å². The Balaban J connectivity index is 1.79. The average molecular weight is 401 g/mol. The molecular weight excluding hydrogens is 376 g/mol. The van der Waals surface area contributed by atoms with Crippen LogP contribution in [0.25, 0.3) is 22.1 Å². The molecule has 4 heteroatoms. The zero-order valence-corrected chi connectivity index (χ0v) is 18.0. The Hall–Kier alpha value is -2.72. The smallest absolute Gasteiger partial charge is 0.227 e. The number of benzene rings is 2. The molecule has 0 saturated carbocycles. The highest BCUT2D eigenvalue weighted by atomic mass is 32.2. The number of pyridine rings is 1. The molecule has 4 aromatic rings. The van der Waals surface area contributed by atoms with E-state index in [0.717, 1.165) is 22.0 Å². The van der Waals surface area contributed by atoms with Crippen molar-refractivity contribution < 1.29 is 4.42 Å². The van der Waals surface area contributed by atoms with E-state index in [1.165, 1.54) is 21.7 Å². The Morgan fingerprint density at radius 1 is 0.966 bits per heavy atom. The van der Waals surface area contributed by atoms with Crippen LogP contribution >= 0.6 is 11.8 Å². The number of thioether (sulfide) groups is 1. The summed E-state index contributed by atoms with van der Waals surface area (Å²) in [6.45, 7) is 8.96. The van der Waals surface area contributed by atoms with Crippen LogP contribution < -0.4 is 4.90 Å². The molecule has 0 fully saturated rings. The monoisotopic (exact) mass is 400 g/mol. The number of nitrogens with zero attached hydrogens (tertiary/aromatic N) is 2. The fraction of sp³-hybridized carbons (Fsp3) is 0.240. The minimum absolute atomic E-state index is 0.194. The van der Waals surface area contributed by atoms with Gasteiger partial charge in [-0.25, -0.2) is 4.98 Å². The van der Waals surface area contributed by atoms with Crippen molar-refractivity contribution in [2.75, 3.05) is 4.90 Å². The first-order valence-corrected chi connectivity index (χ1v) is 10.9.